The maximum atomic E-state index is 6.89. The van der Waals surface area contributed by atoms with E-state index < -0.39 is 22.1 Å². The maximum absolute atomic E-state index is 6.89. The Bertz CT molecular complexity index is 237. The van der Waals surface area contributed by atoms with Gasteiger partial charge in [0.15, 0.2) is 0 Å². The van der Waals surface area contributed by atoms with Gasteiger partial charge in [-0.05, 0) is 20.0 Å². The van der Waals surface area contributed by atoms with Crippen LogP contribution in [0, 0.1) is 4.91 Å². The predicted octanol–water partition coefficient (Wildman–Crippen LogP) is 6.22. The predicted molar refractivity (Wildman–Crippen MR) is 105 cm³/mol. The van der Waals surface area contributed by atoms with Crippen LogP contribution in [0.5, 0.6) is 0 Å². The summed E-state index contributed by atoms with van der Waals surface area (Å²) in [5.74, 6) is -2.01. The molecule has 0 aromatic rings. The molecule has 0 aliphatic carbocycles. The molecule has 0 heterocycles. The molecule has 19 heavy (non-hydrogen) atoms. The quantitative estimate of drug-likeness (QED) is 0.225. The van der Waals surface area contributed by atoms with Crippen molar-refractivity contribution < 1.29 is 22.4 Å². The molecule has 0 aliphatic rings. The van der Waals surface area contributed by atoms with Gasteiger partial charge in [0.2, 0.25) is 0 Å². The zero-order chi connectivity index (χ0) is 15.6. The topological polar surface area (TPSA) is 0 Å². The van der Waals surface area contributed by atoms with E-state index in [0.29, 0.717) is 7.92 Å². The molecular weight excluding hydrogens is 507 g/mol. The fourth-order valence-corrected chi connectivity index (χ4v) is 35.1. The van der Waals surface area contributed by atoms with Crippen LogP contribution >= 0.6 is 25.1 Å². The summed E-state index contributed by atoms with van der Waals surface area (Å²) in [6, 6.07) is 0. The Morgan fingerprint density at radius 2 is 0.947 bits per heavy atom. The van der Waals surface area contributed by atoms with Crippen LogP contribution in [0.3, 0.4) is 0 Å². The summed E-state index contributed by atoms with van der Waals surface area (Å²) < 4.78 is 0. The smallest absolute Gasteiger partial charge is 1.00 e. The van der Waals surface area contributed by atoms with Crippen LogP contribution in [0.1, 0.15) is 0 Å². The molecule has 124 valence electrons. The van der Waals surface area contributed by atoms with Crippen LogP contribution in [0.15, 0.2) is 0 Å². The van der Waals surface area contributed by atoms with Gasteiger partial charge in [0, 0.05) is 0 Å². The Morgan fingerprint density at radius 1 is 0.789 bits per heavy atom. The van der Waals surface area contributed by atoms with E-state index in [2.05, 4.69) is 79.3 Å². The van der Waals surface area contributed by atoms with E-state index >= 15 is 0 Å². The van der Waals surface area contributed by atoms with E-state index in [-0.39, 0.29) is 22.4 Å². The van der Waals surface area contributed by atoms with Gasteiger partial charge in [-0.3, -0.25) is 0 Å². The SMILES string of the molecule is CP(C)C.C[Si](C)(C)[C-]([Si](C)(C)C)P(C)(C)(C)Cl.[Au+]. The van der Waals surface area contributed by atoms with E-state index in [0.717, 1.165) is 0 Å². The van der Waals surface area contributed by atoms with Crippen LogP contribution in [-0.2, 0) is 22.4 Å². The number of halogens is 1. The first kappa shape index (κ1) is 26.2. The molecule has 0 aromatic carbocycles. The van der Waals surface area contributed by atoms with Gasteiger partial charge in [-0.1, -0.05) is 0 Å². The van der Waals surface area contributed by atoms with Crippen molar-refractivity contribution in [3.63, 3.8) is 0 Å². The summed E-state index contributed by atoms with van der Waals surface area (Å²) in [5, 5.41) is 0. The first-order chi connectivity index (χ1) is 7.36. The van der Waals surface area contributed by atoms with E-state index in [9.17, 15) is 0 Å². The van der Waals surface area contributed by atoms with Crippen molar-refractivity contribution in [2.45, 2.75) is 39.3 Å². The van der Waals surface area contributed by atoms with Gasteiger partial charge in [0.1, 0.15) is 0 Å². The fourth-order valence-electron chi connectivity index (χ4n) is 3.39. The van der Waals surface area contributed by atoms with Crippen molar-refractivity contribution in [3.8, 4) is 0 Å². The summed E-state index contributed by atoms with van der Waals surface area (Å²) in [7, 11) is -2.07. The molecule has 0 aromatic heterocycles. The van der Waals surface area contributed by atoms with Gasteiger partial charge in [-0.2, -0.15) is 0 Å². The molecule has 0 spiro atoms. The van der Waals surface area contributed by atoms with Crippen LogP contribution in [-0.4, -0.2) is 56.1 Å². The van der Waals surface area contributed by atoms with Crippen molar-refractivity contribution in [2.75, 3.05) is 40.0 Å². The second-order valence-electron chi connectivity index (χ2n) is 8.79. The van der Waals surface area contributed by atoms with E-state index in [4.69, 9.17) is 11.2 Å². The van der Waals surface area contributed by atoms with Crippen LogP contribution in [0.25, 0.3) is 0 Å². The molecule has 0 rings (SSSR count). The molecule has 0 bridgehead atoms. The Hall–Kier alpha value is 2.32. The third-order valence-corrected chi connectivity index (χ3v) is 21.1. The van der Waals surface area contributed by atoms with E-state index in [1.807, 2.05) is 0 Å². The maximum Gasteiger partial charge on any atom is 1.00 e. The summed E-state index contributed by atoms with van der Waals surface area (Å²) in [5.41, 5.74) is 0. The monoisotopic (exact) mass is 542 g/mol. The largest absolute Gasteiger partial charge is 1.00 e. The normalized spacial score (nSPS) is 15.2. The minimum atomic E-state index is -2.01. The van der Waals surface area contributed by atoms with E-state index in [1.54, 1.807) is 4.91 Å². The summed E-state index contributed by atoms with van der Waals surface area (Å²) in [6.07, 6.45) is 0. The molecule has 0 radical (unpaired) electrons. The van der Waals surface area contributed by atoms with Gasteiger partial charge < -0.3 is 0 Å². The number of hydrogen-bond donors (Lipinski definition) is 0. The van der Waals surface area contributed by atoms with Crippen molar-refractivity contribution in [1.82, 2.24) is 0 Å². The molecular formula is C13H36AuClP2Si2. The zero-order valence-electron chi connectivity index (χ0n) is 15.1. The first-order valence-corrected chi connectivity index (χ1v) is 20.7. The number of hydrogen-bond acceptors (Lipinski definition) is 0. The van der Waals surface area contributed by atoms with Crippen LogP contribution < -0.4 is 0 Å². The molecule has 0 nitrogen and oxygen atoms in total. The molecule has 0 unspecified atom stereocenters. The van der Waals surface area contributed by atoms with Gasteiger partial charge in [-0.25, -0.2) is 0 Å². The molecule has 0 aliphatic heterocycles. The average Bonchev–Trinajstić information content (AvgIpc) is 1.66. The zero-order valence-corrected chi connectivity index (χ0v) is 21.8. The molecule has 0 amide bonds. The van der Waals surface area contributed by atoms with Gasteiger partial charge in [-0.15, -0.1) is 7.92 Å². The van der Waals surface area contributed by atoms with Crippen molar-refractivity contribution in [2.24, 2.45) is 0 Å². The second-order valence-corrected chi connectivity index (χ2v) is 32.0. The van der Waals surface area contributed by atoms with Crippen molar-refractivity contribution in [1.29, 1.82) is 0 Å². The molecule has 0 fully saturated rings. The summed E-state index contributed by atoms with van der Waals surface area (Å²) in [4.78, 5) is 1.80. The second kappa shape index (κ2) is 8.25. The average molecular weight is 543 g/mol. The Kier molecular flexibility index (Phi) is 11.4. The van der Waals surface area contributed by atoms with Crippen molar-refractivity contribution in [3.05, 3.63) is 4.91 Å². The molecule has 0 saturated heterocycles. The first-order valence-electron chi connectivity index (χ1n) is 6.58. The molecule has 6 heteroatoms. The molecule has 0 atom stereocenters. The van der Waals surface area contributed by atoms with Crippen LogP contribution in [0.2, 0.25) is 39.3 Å². The Labute approximate surface area is 147 Å². The molecule has 0 saturated carbocycles. The minimum Gasteiger partial charge on any atom is 1.00 e. The van der Waals surface area contributed by atoms with Gasteiger partial charge in [0.25, 0.3) is 0 Å². The van der Waals surface area contributed by atoms with E-state index in [1.165, 1.54) is 0 Å². The third kappa shape index (κ3) is 13.7. The van der Waals surface area contributed by atoms with Crippen LogP contribution in [0.4, 0.5) is 0 Å². The Balaban J connectivity index is -0.000000448. The standard InChI is InChI=1S/C10H27ClPSi2.C3H9P.Au/c1-12(2,3,11)10(13(4,5)6)14(7,8)9;1-4(2)3;/h1-9H3;1-3H3;/q-1;;+1. The third-order valence-electron chi connectivity index (χ3n) is 2.18. The fraction of sp³-hybridized carbons (Fsp3) is 0.923. The van der Waals surface area contributed by atoms with Crippen molar-refractivity contribution >= 4 is 41.3 Å². The summed E-state index contributed by atoms with van der Waals surface area (Å²) >= 11 is 6.89. The Morgan fingerprint density at radius 3 is 0.947 bits per heavy atom. The molecule has 0 N–H and O–H groups in total. The van der Waals surface area contributed by atoms with Gasteiger partial charge >= 0.3 is 120 Å². The summed E-state index contributed by atoms with van der Waals surface area (Å²) in [6.45, 7) is 28.3. The minimum absolute atomic E-state index is 0. The number of rotatable bonds is 3. The van der Waals surface area contributed by atoms with Gasteiger partial charge in [0.05, 0.1) is 0 Å².